The number of hydrogen-bond donors (Lipinski definition) is 1. The van der Waals surface area contributed by atoms with Crippen LogP contribution in [0.4, 0.5) is 13.2 Å². The van der Waals surface area contributed by atoms with Crippen molar-refractivity contribution in [1.29, 1.82) is 0 Å². The molecule has 0 amide bonds. The fraction of sp³-hybridized carbons (Fsp3) is 0.364. The standard InChI is InChI=1S/C11H11F3O4/c12-11(13,14)18-9-3-1-8(2-4-9)5-6-17-7-10(15)16/h1-4H,5-7H2,(H,15,16). The summed E-state index contributed by atoms with van der Waals surface area (Å²) in [6.45, 7) is -0.207. The first kappa shape index (κ1) is 14.3. The van der Waals surface area contributed by atoms with E-state index in [0.717, 1.165) is 5.56 Å². The molecule has 0 aliphatic carbocycles. The van der Waals surface area contributed by atoms with Gasteiger partial charge in [0.2, 0.25) is 0 Å². The first-order valence-corrected chi connectivity index (χ1v) is 5.01. The van der Waals surface area contributed by atoms with Gasteiger partial charge in [0.1, 0.15) is 12.4 Å². The van der Waals surface area contributed by atoms with Gasteiger partial charge in [0.25, 0.3) is 0 Å². The summed E-state index contributed by atoms with van der Waals surface area (Å²) in [5.41, 5.74) is 0.731. The molecule has 0 bridgehead atoms. The van der Waals surface area contributed by atoms with E-state index in [-0.39, 0.29) is 12.4 Å². The first-order chi connectivity index (χ1) is 8.37. The summed E-state index contributed by atoms with van der Waals surface area (Å²) in [4.78, 5) is 10.1. The molecule has 1 aromatic rings. The molecule has 0 heterocycles. The van der Waals surface area contributed by atoms with Crippen molar-refractivity contribution in [3.63, 3.8) is 0 Å². The topological polar surface area (TPSA) is 55.8 Å². The summed E-state index contributed by atoms with van der Waals surface area (Å²) in [6, 6.07) is 5.32. The lowest BCUT2D eigenvalue weighted by Crippen LogP contribution is -2.17. The molecule has 0 saturated carbocycles. The van der Waals surface area contributed by atoms with Crippen molar-refractivity contribution in [2.75, 3.05) is 13.2 Å². The zero-order chi connectivity index (χ0) is 13.6. The average Bonchev–Trinajstić information content (AvgIpc) is 2.24. The van der Waals surface area contributed by atoms with Gasteiger partial charge in [-0.2, -0.15) is 0 Å². The first-order valence-electron chi connectivity index (χ1n) is 5.01. The van der Waals surface area contributed by atoms with Crippen LogP contribution in [0.5, 0.6) is 5.75 Å². The van der Waals surface area contributed by atoms with Gasteiger partial charge in [0.05, 0.1) is 6.61 Å². The van der Waals surface area contributed by atoms with Crippen molar-refractivity contribution in [3.05, 3.63) is 29.8 Å². The minimum absolute atomic E-state index is 0.186. The Morgan fingerprint density at radius 1 is 1.22 bits per heavy atom. The van der Waals surface area contributed by atoms with Gasteiger partial charge in [-0.05, 0) is 24.1 Å². The minimum Gasteiger partial charge on any atom is -0.480 e. The van der Waals surface area contributed by atoms with Gasteiger partial charge in [0.15, 0.2) is 0 Å². The van der Waals surface area contributed by atoms with Crippen molar-refractivity contribution in [2.45, 2.75) is 12.8 Å². The Bertz CT molecular complexity index is 386. The molecule has 100 valence electrons. The molecule has 0 fully saturated rings. The van der Waals surface area contributed by atoms with E-state index in [4.69, 9.17) is 9.84 Å². The number of carbonyl (C=O) groups is 1. The van der Waals surface area contributed by atoms with E-state index in [1.54, 1.807) is 0 Å². The Balaban J connectivity index is 2.38. The van der Waals surface area contributed by atoms with Crippen LogP contribution in [0.3, 0.4) is 0 Å². The van der Waals surface area contributed by atoms with Gasteiger partial charge in [-0.1, -0.05) is 12.1 Å². The van der Waals surface area contributed by atoms with Crippen LogP contribution in [-0.2, 0) is 16.0 Å². The van der Waals surface area contributed by atoms with Crippen LogP contribution in [0.2, 0.25) is 0 Å². The number of rotatable bonds is 6. The summed E-state index contributed by atoms with van der Waals surface area (Å²) >= 11 is 0. The lowest BCUT2D eigenvalue weighted by atomic mass is 10.1. The third kappa shape index (κ3) is 6.09. The molecular formula is C11H11F3O4. The highest BCUT2D eigenvalue weighted by molar-refractivity contribution is 5.67. The summed E-state index contributed by atoms with van der Waals surface area (Å²) in [5.74, 6) is -1.36. The molecule has 0 aliphatic heterocycles. The van der Waals surface area contributed by atoms with E-state index in [9.17, 15) is 18.0 Å². The van der Waals surface area contributed by atoms with Gasteiger partial charge in [-0.15, -0.1) is 13.2 Å². The Labute approximate surface area is 101 Å². The van der Waals surface area contributed by atoms with Crippen molar-refractivity contribution in [3.8, 4) is 5.75 Å². The fourth-order valence-electron chi connectivity index (χ4n) is 1.21. The van der Waals surface area contributed by atoms with Crippen LogP contribution in [0.1, 0.15) is 5.56 Å². The molecule has 0 atom stereocenters. The summed E-state index contributed by atoms with van der Waals surface area (Å²) in [5, 5.41) is 8.31. The minimum atomic E-state index is -4.70. The SMILES string of the molecule is O=C(O)COCCc1ccc(OC(F)(F)F)cc1. The monoisotopic (exact) mass is 264 g/mol. The second kappa shape index (κ2) is 6.25. The average molecular weight is 264 g/mol. The van der Waals surface area contributed by atoms with E-state index in [2.05, 4.69) is 4.74 Å². The lowest BCUT2D eigenvalue weighted by molar-refractivity contribution is -0.274. The lowest BCUT2D eigenvalue weighted by Gasteiger charge is -2.09. The Kier molecular flexibility index (Phi) is 4.96. The fourth-order valence-corrected chi connectivity index (χ4v) is 1.21. The van der Waals surface area contributed by atoms with Crippen molar-refractivity contribution in [1.82, 2.24) is 0 Å². The largest absolute Gasteiger partial charge is 0.573 e. The molecular weight excluding hydrogens is 253 g/mol. The van der Waals surface area contributed by atoms with E-state index < -0.39 is 18.9 Å². The molecule has 7 heteroatoms. The summed E-state index contributed by atoms with van der Waals surface area (Å²) in [7, 11) is 0. The molecule has 0 spiro atoms. The Morgan fingerprint density at radius 3 is 2.33 bits per heavy atom. The highest BCUT2D eigenvalue weighted by atomic mass is 19.4. The second-order valence-electron chi connectivity index (χ2n) is 3.39. The quantitative estimate of drug-likeness (QED) is 0.800. The van der Waals surface area contributed by atoms with Crippen LogP contribution < -0.4 is 4.74 Å². The van der Waals surface area contributed by atoms with Gasteiger partial charge in [0, 0.05) is 0 Å². The van der Waals surface area contributed by atoms with E-state index in [0.29, 0.717) is 6.42 Å². The molecule has 1 aromatic carbocycles. The predicted octanol–water partition coefficient (Wildman–Crippen LogP) is 2.23. The van der Waals surface area contributed by atoms with Crippen molar-refractivity contribution < 1.29 is 32.5 Å². The molecule has 0 unspecified atom stereocenters. The molecule has 0 aliphatic rings. The molecule has 4 nitrogen and oxygen atoms in total. The Hall–Kier alpha value is -1.76. The molecule has 1 N–H and O–H groups in total. The third-order valence-corrected chi connectivity index (χ3v) is 1.92. The number of halogens is 3. The van der Waals surface area contributed by atoms with Crippen LogP contribution >= 0.6 is 0 Å². The maximum Gasteiger partial charge on any atom is 0.573 e. The number of hydrogen-bond acceptors (Lipinski definition) is 3. The summed E-state index contributed by atoms with van der Waals surface area (Å²) in [6.07, 6.45) is -4.29. The number of carboxylic acids is 1. The van der Waals surface area contributed by atoms with E-state index in [1.165, 1.54) is 24.3 Å². The summed E-state index contributed by atoms with van der Waals surface area (Å²) < 4.78 is 44.1. The number of alkyl halides is 3. The number of benzene rings is 1. The maximum atomic E-state index is 11.9. The van der Waals surface area contributed by atoms with Crippen LogP contribution in [0, 0.1) is 0 Å². The highest BCUT2D eigenvalue weighted by Gasteiger charge is 2.30. The maximum absolute atomic E-state index is 11.9. The predicted molar refractivity (Wildman–Crippen MR) is 55.3 cm³/mol. The zero-order valence-electron chi connectivity index (χ0n) is 9.24. The van der Waals surface area contributed by atoms with Crippen LogP contribution in [0.25, 0.3) is 0 Å². The molecule has 0 saturated heterocycles. The smallest absolute Gasteiger partial charge is 0.480 e. The zero-order valence-corrected chi connectivity index (χ0v) is 9.24. The molecule has 0 aromatic heterocycles. The van der Waals surface area contributed by atoms with Gasteiger partial charge >= 0.3 is 12.3 Å². The van der Waals surface area contributed by atoms with Crippen LogP contribution in [-0.4, -0.2) is 30.7 Å². The van der Waals surface area contributed by atoms with Gasteiger partial charge in [-0.3, -0.25) is 0 Å². The molecule has 18 heavy (non-hydrogen) atoms. The number of aliphatic carboxylic acids is 1. The van der Waals surface area contributed by atoms with E-state index in [1.807, 2.05) is 0 Å². The van der Waals surface area contributed by atoms with E-state index >= 15 is 0 Å². The Morgan fingerprint density at radius 2 is 1.83 bits per heavy atom. The molecule has 1 rings (SSSR count). The normalized spacial score (nSPS) is 11.3. The third-order valence-electron chi connectivity index (χ3n) is 1.92. The van der Waals surface area contributed by atoms with Crippen LogP contribution in [0.15, 0.2) is 24.3 Å². The van der Waals surface area contributed by atoms with Crippen molar-refractivity contribution >= 4 is 5.97 Å². The number of ether oxygens (including phenoxy) is 2. The van der Waals surface area contributed by atoms with Gasteiger partial charge in [-0.25, -0.2) is 4.79 Å². The van der Waals surface area contributed by atoms with Crippen molar-refractivity contribution in [2.24, 2.45) is 0 Å². The number of carboxylic acid groups (broad SMARTS) is 1. The molecule has 0 radical (unpaired) electrons. The highest BCUT2D eigenvalue weighted by Crippen LogP contribution is 2.22. The van der Waals surface area contributed by atoms with Gasteiger partial charge < -0.3 is 14.6 Å². The second-order valence-corrected chi connectivity index (χ2v) is 3.39.